The Labute approximate surface area is 132 Å². The number of pyridine rings is 1. The van der Waals surface area contributed by atoms with Gasteiger partial charge in [-0.1, -0.05) is 32.4 Å². The van der Waals surface area contributed by atoms with E-state index < -0.39 is 0 Å². The quantitative estimate of drug-likeness (QED) is 0.840. The minimum Gasteiger partial charge on any atom is -0.378 e. The highest BCUT2D eigenvalue weighted by atomic mass is 79.9. The van der Waals surface area contributed by atoms with Crippen LogP contribution < -0.4 is 5.32 Å². The van der Waals surface area contributed by atoms with Gasteiger partial charge in [-0.15, -0.1) is 0 Å². The molecule has 0 aliphatic rings. The van der Waals surface area contributed by atoms with E-state index >= 15 is 0 Å². The SMILES string of the molecule is Cn1cc(CNc2cc(Br)cnc2Cl)c(C(C)(C)C)n1. The number of nitrogens with one attached hydrogen (secondary N) is 1. The van der Waals surface area contributed by atoms with E-state index in [2.05, 4.69) is 52.1 Å². The zero-order valence-corrected chi connectivity index (χ0v) is 14.4. The molecule has 0 saturated carbocycles. The molecule has 0 saturated heterocycles. The summed E-state index contributed by atoms with van der Waals surface area (Å²) in [5, 5.41) is 8.34. The fourth-order valence-electron chi connectivity index (χ4n) is 2.04. The highest BCUT2D eigenvalue weighted by Gasteiger charge is 2.21. The number of rotatable bonds is 3. The molecule has 6 heteroatoms. The highest BCUT2D eigenvalue weighted by Crippen LogP contribution is 2.27. The largest absolute Gasteiger partial charge is 0.378 e. The van der Waals surface area contributed by atoms with Crippen LogP contribution >= 0.6 is 27.5 Å². The van der Waals surface area contributed by atoms with Crippen LogP contribution in [0.25, 0.3) is 0 Å². The van der Waals surface area contributed by atoms with Crippen molar-refractivity contribution in [1.82, 2.24) is 14.8 Å². The smallest absolute Gasteiger partial charge is 0.152 e. The van der Waals surface area contributed by atoms with Gasteiger partial charge in [0.1, 0.15) is 0 Å². The first-order valence-corrected chi connectivity index (χ1v) is 7.52. The molecule has 0 spiro atoms. The normalized spacial score (nSPS) is 11.7. The number of hydrogen-bond acceptors (Lipinski definition) is 3. The summed E-state index contributed by atoms with van der Waals surface area (Å²) in [6.45, 7) is 7.14. The molecule has 4 nitrogen and oxygen atoms in total. The first kappa shape index (κ1) is 15.3. The number of anilines is 1. The monoisotopic (exact) mass is 356 g/mol. The van der Waals surface area contributed by atoms with E-state index in [4.69, 9.17) is 11.6 Å². The van der Waals surface area contributed by atoms with Gasteiger partial charge in [-0.05, 0) is 22.0 Å². The predicted octanol–water partition coefficient (Wildman–Crippen LogP) is 4.14. The van der Waals surface area contributed by atoms with Crippen molar-refractivity contribution in [1.29, 1.82) is 0 Å². The summed E-state index contributed by atoms with van der Waals surface area (Å²) < 4.78 is 2.74. The van der Waals surface area contributed by atoms with Crippen molar-refractivity contribution in [3.8, 4) is 0 Å². The fourth-order valence-corrected chi connectivity index (χ4v) is 2.54. The molecule has 0 bridgehead atoms. The van der Waals surface area contributed by atoms with Crippen molar-refractivity contribution in [2.24, 2.45) is 7.05 Å². The number of halogens is 2. The lowest BCUT2D eigenvalue weighted by molar-refractivity contribution is 0.549. The Hall–Kier alpha value is -1.07. The molecule has 2 rings (SSSR count). The minimum atomic E-state index is 0.0115. The maximum absolute atomic E-state index is 6.08. The third kappa shape index (κ3) is 3.52. The summed E-state index contributed by atoms with van der Waals surface area (Å²) in [6.07, 6.45) is 3.71. The van der Waals surface area contributed by atoms with Crippen molar-refractivity contribution in [2.75, 3.05) is 5.32 Å². The average molecular weight is 358 g/mol. The van der Waals surface area contributed by atoms with E-state index in [9.17, 15) is 0 Å². The Morgan fingerprint density at radius 3 is 2.75 bits per heavy atom. The van der Waals surface area contributed by atoms with E-state index in [0.717, 1.165) is 21.4 Å². The minimum absolute atomic E-state index is 0.0115. The van der Waals surface area contributed by atoms with E-state index in [0.29, 0.717) is 11.7 Å². The van der Waals surface area contributed by atoms with Crippen LogP contribution in [-0.4, -0.2) is 14.8 Å². The van der Waals surface area contributed by atoms with Crippen molar-refractivity contribution in [3.63, 3.8) is 0 Å². The molecular formula is C14H18BrClN4. The summed E-state index contributed by atoms with van der Waals surface area (Å²) in [7, 11) is 1.94. The van der Waals surface area contributed by atoms with Gasteiger partial charge in [-0.2, -0.15) is 5.10 Å². The second kappa shape index (κ2) is 5.74. The molecule has 0 radical (unpaired) electrons. The molecule has 0 atom stereocenters. The Morgan fingerprint density at radius 1 is 1.40 bits per heavy atom. The van der Waals surface area contributed by atoms with Crippen molar-refractivity contribution >= 4 is 33.2 Å². The Balaban J connectivity index is 2.21. The Bertz CT molecular complexity index is 616. The second-order valence-electron chi connectivity index (χ2n) is 5.77. The van der Waals surface area contributed by atoms with E-state index in [1.807, 2.05) is 24.0 Å². The molecule has 0 fully saturated rings. The molecule has 2 aromatic heterocycles. The van der Waals surface area contributed by atoms with Crippen molar-refractivity contribution in [3.05, 3.63) is 39.3 Å². The van der Waals surface area contributed by atoms with Gasteiger partial charge in [0.25, 0.3) is 0 Å². The topological polar surface area (TPSA) is 42.7 Å². The van der Waals surface area contributed by atoms with Crippen LogP contribution in [0.1, 0.15) is 32.0 Å². The lowest BCUT2D eigenvalue weighted by Gasteiger charge is -2.18. The van der Waals surface area contributed by atoms with Gasteiger partial charge in [0.2, 0.25) is 0 Å². The molecular weight excluding hydrogens is 340 g/mol. The van der Waals surface area contributed by atoms with Crippen LogP contribution in [0, 0.1) is 0 Å². The summed E-state index contributed by atoms with van der Waals surface area (Å²) in [6, 6.07) is 1.92. The van der Waals surface area contributed by atoms with Crippen LogP contribution in [0.15, 0.2) is 22.9 Å². The van der Waals surface area contributed by atoms with Gasteiger partial charge in [0, 0.05) is 41.4 Å². The maximum atomic E-state index is 6.08. The predicted molar refractivity (Wildman–Crippen MR) is 86.2 cm³/mol. The molecule has 0 amide bonds. The molecule has 108 valence electrons. The third-order valence-corrected chi connectivity index (χ3v) is 3.62. The van der Waals surface area contributed by atoms with Crippen molar-refractivity contribution < 1.29 is 0 Å². The molecule has 0 aliphatic heterocycles. The molecule has 1 N–H and O–H groups in total. The highest BCUT2D eigenvalue weighted by molar-refractivity contribution is 9.10. The lowest BCUT2D eigenvalue weighted by atomic mass is 9.89. The van der Waals surface area contributed by atoms with Gasteiger partial charge in [0.15, 0.2) is 5.15 Å². The number of hydrogen-bond donors (Lipinski definition) is 1. The van der Waals surface area contributed by atoms with E-state index in [1.54, 1.807) is 6.20 Å². The van der Waals surface area contributed by atoms with Crippen LogP contribution in [0.5, 0.6) is 0 Å². The first-order valence-electron chi connectivity index (χ1n) is 6.35. The van der Waals surface area contributed by atoms with Gasteiger partial charge < -0.3 is 5.32 Å². The summed E-state index contributed by atoms with van der Waals surface area (Å²) in [4.78, 5) is 4.10. The average Bonchev–Trinajstić information content (AvgIpc) is 2.72. The Kier molecular flexibility index (Phi) is 4.39. The molecule has 0 aromatic carbocycles. The first-order chi connectivity index (χ1) is 9.27. The summed E-state index contributed by atoms with van der Waals surface area (Å²) >= 11 is 9.48. The lowest BCUT2D eigenvalue weighted by Crippen LogP contribution is -2.16. The zero-order valence-electron chi connectivity index (χ0n) is 12.0. The molecule has 2 heterocycles. The third-order valence-electron chi connectivity index (χ3n) is 2.89. The molecule has 2 aromatic rings. The van der Waals surface area contributed by atoms with Gasteiger partial charge in [-0.25, -0.2) is 4.98 Å². The summed E-state index contributed by atoms with van der Waals surface area (Å²) in [5.74, 6) is 0. The fraction of sp³-hybridized carbons (Fsp3) is 0.429. The van der Waals surface area contributed by atoms with E-state index in [1.165, 1.54) is 0 Å². The Morgan fingerprint density at radius 2 is 2.10 bits per heavy atom. The van der Waals surface area contributed by atoms with E-state index in [-0.39, 0.29) is 5.41 Å². The number of aryl methyl sites for hydroxylation is 1. The second-order valence-corrected chi connectivity index (χ2v) is 7.05. The number of nitrogens with zero attached hydrogens (tertiary/aromatic N) is 3. The zero-order chi connectivity index (χ0) is 14.9. The van der Waals surface area contributed by atoms with Gasteiger partial charge in [-0.3, -0.25) is 4.68 Å². The standard InChI is InChI=1S/C14H18BrClN4/c1-14(2,3)12-9(8-20(4)19-12)6-17-11-5-10(15)7-18-13(11)16/h5,7-8,17H,6H2,1-4H3. The van der Waals surface area contributed by atoms with Crippen LogP contribution in [-0.2, 0) is 19.0 Å². The van der Waals surface area contributed by atoms with Gasteiger partial charge in [0.05, 0.1) is 11.4 Å². The number of aromatic nitrogens is 3. The molecule has 20 heavy (non-hydrogen) atoms. The summed E-state index contributed by atoms with van der Waals surface area (Å²) in [5.41, 5.74) is 3.07. The van der Waals surface area contributed by atoms with Crippen LogP contribution in [0.3, 0.4) is 0 Å². The molecule has 0 unspecified atom stereocenters. The van der Waals surface area contributed by atoms with Crippen LogP contribution in [0.4, 0.5) is 5.69 Å². The maximum Gasteiger partial charge on any atom is 0.152 e. The van der Waals surface area contributed by atoms with Crippen molar-refractivity contribution in [2.45, 2.75) is 32.7 Å². The van der Waals surface area contributed by atoms with Crippen LogP contribution in [0.2, 0.25) is 5.15 Å². The molecule has 0 aliphatic carbocycles. The van der Waals surface area contributed by atoms with Gasteiger partial charge >= 0.3 is 0 Å².